The van der Waals surface area contributed by atoms with Crippen LogP contribution in [-0.2, 0) is 4.79 Å². The second-order valence-electron chi connectivity index (χ2n) is 3.45. The molecule has 1 aliphatic heterocycles. The minimum absolute atomic E-state index is 0.0204. The number of rotatable bonds is 3. The van der Waals surface area contributed by atoms with Gasteiger partial charge in [0.2, 0.25) is 5.91 Å². The van der Waals surface area contributed by atoms with Gasteiger partial charge < -0.3 is 15.3 Å². The predicted molar refractivity (Wildman–Crippen MR) is 46.1 cm³/mol. The van der Waals surface area contributed by atoms with Crippen LogP contribution in [0.5, 0.6) is 0 Å². The maximum Gasteiger partial charge on any atom is 0.267 e. The molecule has 1 fully saturated rings. The minimum atomic E-state index is -2.86. The van der Waals surface area contributed by atoms with Gasteiger partial charge in [-0.15, -0.1) is 0 Å². The van der Waals surface area contributed by atoms with E-state index in [1.165, 1.54) is 0 Å². The third kappa shape index (κ3) is 2.39. The molecule has 2 N–H and O–H groups in total. The number of nitrogens with one attached hydrogen (secondary N) is 1. The van der Waals surface area contributed by atoms with E-state index in [1.54, 1.807) is 7.05 Å². The van der Waals surface area contributed by atoms with Crippen molar-refractivity contribution >= 4 is 5.91 Å². The summed E-state index contributed by atoms with van der Waals surface area (Å²) in [7, 11) is 1.57. The van der Waals surface area contributed by atoms with Gasteiger partial charge in [-0.25, -0.2) is 8.78 Å². The van der Waals surface area contributed by atoms with E-state index in [2.05, 4.69) is 5.32 Å². The molecule has 82 valence electrons. The fraction of sp³-hybridized carbons (Fsp3) is 0.875. The van der Waals surface area contributed by atoms with E-state index >= 15 is 0 Å². The molecule has 1 aliphatic rings. The summed E-state index contributed by atoms with van der Waals surface area (Å²) in [5.41, 5.74) is 0. The molecular weight excluding hydrogens is 194 g/mol. The van der Waals surface area contributed by atoms with Crippen LogP contribution >= 0.6 is 0 Å². The van der Waals surface area contributed by atoms with Crippen LogP contribution in [0, 0.1) is 0 Å². The van der Waals surface area contributed by atoms with E-state index < -0.39 is 37.4 Å². The van der Waals surface area contributed by atoms with Crippen molar-refractivity contribution in [2.24, 2.45) is 0 Å². The molecule has 0 bridgehead atoms. The van der Waals surface area contributed by atoms with Gasteiger partial charge in [0.25, 0.3) is 5.92 Å². The number of halogens is 2. The Morgan fingerprint density at radius 3 is 2.86 bits per heavy atom. The smallest absolute Gasteiger partial charge is 0.267 e. The third-order valence-electron chi connectivity index (χ3n) is 2.24. The van der Waals surface area contributed by atoms with Crippen LogP contribution in [0.25, 0.3) is 0 Å². The van der Waals surface area contributed by atoms with E-state index in [0.717, 1.165) is 4.90 Å². The van der Waals surface area contributed by atoms with Gasteiger partial charge in [-0.05, 0) is 7.05 Å². The Balaban J connectivity index is 2.63. The summed E-state index contributed by atoms with van der Waals surface area (Å²) in [6.07, 6.45) is -0.445. The number of likely N-dealkylation sites (N-methyl/N-ethyl adjacent to an activating group) is 1. The molecular formula is C8H14F2N2O2. The maximum atomic E-state index is 12.9. The lowest BCUT2D eigenvalue weighted by Crippen LogP contribution is -2.42. The van der Waals surface area contributed by atoms with E-state index in [4.69, 9.17) is 5.11 Å². The van der Waals surface area contributed by atoms with Crippen molar-refractivity contribution < 1.29 is 18.7 Å². The topological polar surface area (TPSA) is 52.6 Å². The van der Waals surface area contributed by atoms with Crippen LogP contribution < -0.4 is 5.32 Å². The zero-order chi connectivity index (χ0) is 10.8. The molecule has 1 saturated heterocycles. The Labute approximate surface area is 80.9 Å². The van der Waals surface area contributed by atoms with Crippen LogP contribution in [0.4, 0.5) is 8.78 Å². The van der Waals surface area contributed by atoms with E-state index in [-0.39, 0.29) is 6.54 Å². The van der Waals surface area contributed by atoms with E-state index in [9.17, 15) is 13.6 Å². The summed E-state index contributed by atoms with van der Waals surface area (Å²) in [6.45, 7) is -0.976. The Kier molecular flexibility index (Phi) is 3.38. The Morgan fingerprint density at radius 1 is 1.71 bits per heavy atom. The van der Waals surface area contributed by atoms with Gasteiger partial charge in [0, 0.05) is 6.42 Å². The highest BCUT2D eigenvalue weighted by molar-refractivity contribution is 5.79. The van der Waals surface area contributed by atoms with E-state index in [0.29, 0.717) is 0 Å². The Morgan fingerprint density at radius 2 is 2.36 bits per heavy atom. The molecule has 0 aromatic carbocycles. The highest BCUT2D eigenvalue weighted by atomic mass is 19.3. The molecule has 0 aromatic heterocycles. The number of carbonyl (C=O) groups is 1. The van der Waals surface area contributed by atoms with Gasteiger partial charge in [-0.3, -0.25) is 4.79 Å². The molecule has 14 heavy (non-hydrogen) atoms. The second kappa shape index (κ2) is 4.18. The average molecular weight is 208 g/mol. The number of nitrogens with zero attached hydrogens (tertiary/aromatic N) is 1. The van der Waals surface area contributed by atoms with Gasteiger partial charge in [0.15, 0.2) is 0 Å². The van der Waals surface area contributed by atoms with Crippen molar-refractivity contribution in [3.63, 3.8) is 0 Å². The third-order valence-corrected chi connectivity index (χ3v) is 2.24. The Hall–Kier alpha value is -0.750. The number of alkyl halides is 2. The summed E-state index contributed by atoms with van der Waals surface area (Å²) in [6, 6.07) is -0.745. The fourth-order valence-electron chi connectivity index (χ4n) is 1.61. The largest absolute Gasteiger partial charge is 0.394 e. The van der Waals surface area contributed by atoms with Crippen LogP contribution in [0.15, 0.2) is 0 Å². The molecule has 1 unspecified atom stereocenters. The van der Waals surface area contributed by atoms with Crippen LogP contribution in [-0.4, -0.2) is 54.6 Å². The maximum absolute atomic E-state index is 12.9. The monoisotopic (exact) mass is 208 g/mol. The minimum Gasteiger partial charge on any atom is -0.394 e. The standard InChI is InChI=1S/C8H14F2N2O2/c1-11-3-7(14)12-5-8(9,10)2-6(12)4-13/h6,11,13H,2-5H2,1H3. The fourth-order valence-corrected chi connectivity index (χ4v) is 1.61. The van der Waals surface area contributed by atoms with Crippen molar-refractivity contribution in [1.29, 1.82) is 0 Å². The molecule has 6 heteroatoms. The zero-order valence-electron chi connectivity index (χ0n) is 7.96. The normalized spacial score (nSPS) is 25.4. The molecule has 0 saturated carbocycles. The number of hydrogen-bond donors (Lipinski definition) is 2. The summed E-state index contributed by atoms with van der Waals surface area (Å²) in [5.74, 6) is -3.26. The number of aliphatic hydroxyl groups excluding tert-OH is 1. The molecule has 0 aromatic rings. The highest BCUT2D eigenvalue weighted by Gasteiger charge is 2.46. The second-order valence-corrected chi connectivity index (χ2v) is 3.45. The Bertz CT molecular complexity index is 223. The SMILES string of the molecule is CNCC(=O)N1CC(F)(F)CC1CO. The molecule has 1 amide bonds. The lowest BCUT2D eigenvalue weighted by atomic mass is 10.2. The van der Waals surface area contributed by atoms with Crippen LogP contribution in [0.1, 0.15) is 6.42 Å². The van der Waals surface area contributed by atoms with Gasteiger partial charge in [-0.1, -0.05) is 0 Å². The predicted octanol–water partition coefficient (Wildman–Crippen LogP) is -0.566. The molecule has 0 radical (unpaired) electrons. The number of carbonyl (C=O) groups excluding carboxylic acids is 1. The quantitative estimate of drug-likeness (QED) is 0.653. The number of likely N-dealkylation sites (tertiary alicyclic amines) is 1. The summed E-state index contributed by atoms with van der Waals surface area (Å²) >= 11 is 0. The zero-order valence-corrected chi connectivity index (χ0v) is 7.96. The van der Waals surface area contributed by atoms with E-state index in [1.807, 2.05) is 0 Å². The first kappa shape index (κ1) is 11.3. The number of aliphatic hydroxyl groups is 1. The first-order chi connectivity index (χ1) is 6.50. The van der Waals surface area contributed by atoms with Crippen molar-refractivity contribution in [3.05, 3.63) is 0 Å². The molecule has 0 aliphatic carbocycles. The lowest BCUT2D eigenvalue weighted by Gasteiger charge is -2.21. The summed E-state index contributed by atoms with van der Waals surface area (Å²) in [5, 5.41) is 11.4. The van der Waals surface area contributed by atoms with Gasteiger partial charge in [0.05, 0.1) is 25.7 Å². The average Bonchev–Trinajstić information content (AvgIpc) is 2.41. The van der Waals surface area contributed by atoms with Gasteiger partial charge in [-0.2, -0.15) is 0 Å². The van der Waals surface area contributed by atoms with Crippen molar-refractivity contribution in [2.75, 3.05) is 26.7 Å². The molecule has 1 atom stereocenters. The summed E-state index contributed by atoms with van der Waals surface area (Å²) in [4.78, 5) is 12.4. The van der Waals surface area contributed by atoms with Crippen molar-refractivity contribution in [3.8, 4) is 0 Å². The number of hydrogen-bond acceptors (Lipinski definition) is 3. The van der Waals surface area contributed by atoms with Crippen LogP contribution in [0.2, 0.25) is 0 Å². The molecule has 4 nitrogen and oxygen atoms in total. The lowest BCUT2D eigenvalue weighted by molar-refractivity contribution is -0.132. The first-order valence-corrected chi connectivity index (χ1v) is 4.43. The van der Waals surface area contributed by atoms with Gasteiger partial charge >= 0.3 is 0 Å². The molecule has 1 rings (SSSR count). The molecule has 0 spiro atoms. The van der Waals surface area contributed by atoms with Crippen LogP contribution in [0.3, 0.4) is 0 Å². The molecule has 1 heterocycles. The van der Waals surface area contributed by atoms with Crippen molar-refractivity contribution in [1.82, 2.24) is 10.2 Å². The van der Waals surface area contributed by atoms with Crippen molar-refractivity contribution in [2.45, 2.75) is 18.4 Å². The van der Waals surface area contributed by atoms with Gasteiger partial charge in [0.1, 0.15) is 0 Å². The first-order valence-electron chi connectivity index (χ1n) is 4.43. The summed E-state index contributed by atoms with van der Waals surface area (Å²) < 4.78 is 25.8. The number of amides is 1. The highest BCUT2D eigenvalue weighted by Crippen LogP contribution is 2.31.